The van der Waals surface area contributed by atoms with Crippen LogP contribution < -0.4 is 10.1 Å². The molecule has 0 bridgehead atoms. The van der Waals surface area contributed by atoms with E-state index in [1.165, 1.54) is 0 Å². The van der Waals surface area contributed by atoms with Crippen molar-refractivity contribution in [1.82, 2.24) is 10.3 Å². The number of ether oxygens (including phenoxy) is 1. The fraction of sp³-hybridized carbons (Fsp3) is 0.333. The lowest BCUT2D eigenvalue weighted by atomic mass is 10.0. The molecule has 1 saturated carbocycles. The van der Waals surface area contributed by atoms with E-state index >= 15 is 0 Å². The molecule has 0 saturated heterocycles. The summed E-state index contributed by atoms with van der Waals surface area (Å²) < 4.78 is 5.45. The van der Waals surface area contributed by atoms with Crippen LogP contribution in [0.5, 0.6) is 5.88 Å². The molecule has 4 nitrogen and oxygen atoms in total. The second kappa shape index (κ2) is 7.01. The molecule has 2 aromatic rings. The van der Waals surface area contributed by atoms with Crippen LogP contribution in [0.3, 0.4) is 0 Å². The number of nitrogens with zero attached hydrogens (tertiary/aromatic N) is 1. The summed E-state index contributed by atoms with van der Waals surface area (Å²) in [4.78, 5) is 16.8. The van der Waals surface area contributed by atoms with Gasteiger partial charge in [0.15, 0.2) is 0 Å². The summed E-state index contributed by atoms with van der Waals surface area (Å²) >= 11 is 5.96. The van der Waals surface area contributed by atoms with Crippen LogP contribution in [0.1, 0.15) is 41.7 Å². The Morgan fingerprint density at radius 2 is 2.09 bits per heavy atom. The molecule has 1 N–H and O–H groups in total. The van der Waals surface area contributed by atoms with Crippen molar-refractivity contribution in [2.75, 3.05) is 6.61 Å². The topological polar surface area (TPSA) is 51.2 Å². The Morgan fingerprint density at radius 1 is 1.35 bits per heavy atom. The molecule has 1 aliphatic rings. The van der Waals surface area contributed by atoms with Crippen LogP contribution in [0, 0.1) is 5.92 Å². The molecule has 0 aliphatic heterocycles. The predicted octanol–water partition coefficient (Wildman–Crippen LogP) is 4.01. The van der Waals surface area contributed by atoms with Crippen LogP contribution in [0.25, 0.3) is 0 Å². The smallest absolute Gasteiger partial charge is 0.257 e. The summed E-state index contributed by atoms with van der Waals surface area (Å²) in [5.74, 6) is 0.693. The number of pyridine rings is 1. The van der Waals surface area contributed by atoms with Gasteiger partial charge in [-0.1, -0.05) is 23.7 Å². The molecule has 1 amide bonds. The highest BCUT2D eigenvalue weighted by atomic mass is 35.5. The van der Waals surface area contributed by atoms with Crippen molar-refractivity contribution in [1.29, 1.82) is 0 Å². The first-order valence-electron chi connectivity index (χ1n) is 7.83. The molecule has 1 aromatic carbocycles. The summed E-state index contributed by atoms with van der Waals surface area (Å²) in [5, 5.41) is 3.82. The first-order chi connectivity index (χ1) is 11.2. The lowest BCUT2D eigenvalue weighted by molar-refractivity contribution is 0.0927. The van der Waals surface area contributed by atoms with E-state index < -0.39 is 0 Å². The van der Waals surface area contributed by atoms with E-state index in [4.69, 9.17) is 16.3 Å². The summed E-state index contributed by atoms with van der Waals surface area (Å²) in [6, 6.07) is 11.1. The van der Waals surface area contributed by atoms with E-state index in [0.717, 1.165) is 18.4 Å². The van der Waals surface area contributed by atoms with E-state index in [1.807, 2.05) is 31.2 Å². The van der Waals surface area contributed by atoms with Crippen molar-refractivity contribution in [2.24, 2.45) is 5.92 Å². The first kappa shape index (κ1) is 15.8. The minimum Gasteiger partial charge on any atom is -0.477 e. The van der Waals surface area contributed by atoms with Gasteiger partial charge in [-0.2, -0.15) is 0 Å². The third kappa shape index (κ3) is 3.82. The number of aromatic nitrogens is 1. The number of carbonyl (C=O) groups is 1. The SMILES string of the molecule is CCOc1ncccc1C(=O)NC(c1ccc(Cl)cc1)C1CC1. The maximum Gasteiger partial charge on any atom is 0.257 e. The van der Waals surface area contributed by atoms with Gasteiger partial charge < -0.3 is 10.1 Å². The van der Waals surface area contributed by atoms with Gasteiger partial charge in [-0.25, -0.2) is 4.98 Å². The Hall–Kier alpha value is -2.07. The van der Waals surface area contributed by atoms with Crippen LogP contribution in [0.2, 0.25) is 5.02 Å². The standard InChI is InChI=1S/C18H19ClN2O2/c1-2-23-18-15(4-3-11-20-18)17(22)21-16(12-5-6-12)13-7-9-14(19)10-8-13/h3-4,7-12,16H,2,5-6H2,1H3,(H,21,22). The minimum atomic E-state index is -0.159. The van der Waals surface area contributed by atoms with Crippen LogP contribution in [-0.2, 0) is 0 Å². The average Bonchev–Trinajstić information content (AvgIpc) is 3.39. The minimum absolute atomic E-state index is 0.00514. The maximum absolute atomic E-state index is 12.7. The van der Waals surface area contributed by atoms with Crippen molar-refractivity contribution < 1.29 is 9.53 Å². The number of nitrogens with one attached hydrogen (secondary N) is 1. The van der Waals surface area contributed by atoms with Crippen molar-refractivity contribution in [3.8, 4) is 5.88 Å². The molecule has 1 aliphatic carbocycles. The zero-order valence-electron chi connectivity index (χ0n) is 13.0. The monoisotopic (exact) mass is 330 g/mol. The molecular formula is C18H19ClN2O2. The van der Waals surface area contributed by atoms with Gasteiger partial charge in [-0.05, 0) is 55.5 Å². The quantitative estimate of drug-likeness (QED) is 0.870. The van der Waals surface area contributed by atoms with E-state index in [9.17, 15) is 4.79 Å². The molecule has 0 spiro atoms. The largest absolute Gasteiger partial charge is 0.477 e. The summed E-state index contributed by atoms with van der Waals surface area (Å²) in [5.41, 5.74) is 1.54. The lowest BCUT2D eigenvalue weighted by Crippen LogP contribution is -2.30. The summed E-state index contributed by atoms with van der Waals surface area (Å²) in [7, 11) is 0. The number of rotatable bonds is 6. The van der Waals surface area contributed by atoms with E-state index in [-0.39, 0.29) is 11.9 Å². The molecule has 5 heteroatoms. The number of benzene rings is 1. The van der Waals surface area contributed by atoms with Crippen LogP contribution in [0.15, 0.2) is 42.6 Å². The highest BCUT2D eigenvalue weighted by Gasteiger charge is 2.34. The van der Waals surface area contributed by atoms with Gasteiger partial charge in [0.1, 0.15) is 5.56 Å². The van der Waals surface area contributed by atoms with Crippen LogP contribution in [0.4, 0.5) is 0 Å². The summed E-state index contributed by atoms with van der Waals surface area (Å²) in [6.45, 7) is 2.34. The van der Waals surface area contributed by atoms with Gasteiger partial charge in [-0.3, -0.25) is 4.79 Å². The predicted molar refractivity (Wildman–Crippen MR) is 89.8 cm³/mol. The molecular weight excluding hydrogens is 312 g/mol. The molecule has 1 unspecified atom stereocenters. The van der Waals surface area contributed by atoms with E-state index in [0.29, 0.717) is 29.0 Å². The first-order valence-corrected chi connectivity index (χ1v) is 8.21. The van der Waals surface area contributed by atoms with Gasteiger partial charge in [0.2, 0.25) is 5.88 Å². The highest BCUT2D eigenvalue weighted by Crippen LogP contribution is 2.41. The number of hydrogen-bond donors (Lipinski definition) is 1. The fourth-order valence-electron chi connectivity index (χ4n) is 2.61. The zero-order chi connectivity index (χ0) is 16.2. The average molecular weight is 331 g/mol. The van der Waals surface area contributed by atoms with Crippen molar-refractivity contribution in [3.05, 3.63) is 58.7 Å². The third-order valence-electron chi connectivity index (χ3n) is 3.91. The molecule has 0 radical (unpaired) electrons. The third-order valence-corrected chi connectivity index (χ3v) is 4.16. The van der Waals surface area contributed by atoms with Crippen molar-refractivity contribution in [2.45, 2.75) is 25.8 Å². The number of amides is 1. The van der Waals surface area contributed by atoms with E-state index in [2.05, 4.69) is 10.3 Å². The fourth-order valence-corrected chi connectivity index (χ4v) is 2.73. The Bertz CT molecular complexity index is 684. The van der Waals surface area contributed by atoms with Gasteiger partial charge in [0.25, 0.3) is 5.91 Å². The second-order valence-electron chi connectivity index (χ2n) is 5.63. The van der Waals surface area contributed by atoms with Gasteiger partial charge in [-0.15, -0.1) is 0 Å². The summed E-state index contributed by atoms with van der Waals surface area (Å²) in [6.07, 6.45) is 3.87. The van der Waals surface area contributed by atoms with Gasteiger partial charge in [0, 0.05) is 11.2 Å². The van der Waals surface area contributed by atoms with E-state index in [1.54, 1.807) is 18.3 Å². The normalized spacial score (nSPS) is 15.0. The lowest BCUT2D eigenvalue weighted by Gasteiger charge is -2.19. The Labute approximate surface area is 140 Å². The highest BCUT2D eigenvalue weighted by molar-refractivity contribution is 6.30. The van der Waals surface area contributed by atoms with Gasteiger partial charge >= 0.3 is 0 Å². The van der Waals surface area contributed by atoms with Crippen molar-refractivity contribution >= 4 is 17.5 Å². The van der Waals surface area contributed by atoms with Crippen LogP contribution in [-0.4, -0.2) is 17.5 Å². The molecule has 1 atom stereocenters. The number of carbonyl (C=O) groups excluding carboxylic acids is 1. The number of halogens is 1. The molecule has 1 heterocycles. The van der Waals surface area contributed by atoms with Crippen molar-refractivity contribution in [3.63, 3.8) is 0 Å². The Morgan fingerprint density at radius 3 is 2.74 bits per heavy atom. The Balaban J connectivity index is 1.81. The molecule has 1 aromatic heterocycles. The molecule has 3 rings (SSSR count). The van der Waals surface area contributed by atoms with Crippen LogP contribution >= 0.6 is 11.6 Å². The molecule has 120 valence electrons. The molecule has 1 fully saturated rings. The molecule has 23 heavy (non-hydrogen) atoms. The number of hydrogen-bond acceptors (Lipinski definition) is 3. The Kier molecular flexibility index (Phi) is 4.82. The maximum atomic E-state index is 12.7. The van der Waals surface area contributed by atoms with Gasteiger partial charge in [0.05, 0.1) is 12.6 Å². The zero-order valence-corrected chi connectivity index (χ0v) is 13.7. The second-order valence-corrected chi connectivity index (χ2v) is 6.07.